The van der Waals surface area contributed by atoms with Crippen molar-refractivity contribution >= 4 is 10.0 Å². The molecule has 0 amide bonds. The molecule has 0 bridgehead atoms. The van der Waals surface area contributed by atoms with Gasteiger partial charge in [-0.05, 0) is 25.9 Å². The Kier molecular flexibility index (Phi) is 3.86. The molecule has 1 fully saturated rings. The third-order valence-corrected chi connectivity index (χ3v) is 4.18. The maximum Gasteiger partial charge on any atom is 0.227 e. The summed E-state index contributed by atoms with van der Waals surface area (Å²) < 4.78 is 24.4. The highest BCUT2D eigenvalue weighted by atomic mass is 32.2. The lowest BCUT2D eigenvalue weighted by atomic mass is 10.1. The molecule has 5 nitrogen and oxygen atoms in total. The second-order valence-corrected chi connectivity index (χ2v) is 5.44. The van der Waals surface area contributed by atoms with Gasteiger partial charge in [-0.15, -0.1) is 0 Å². The molecule has 1 heterocycles. The van der Waals surface area contributed by atoms with Gasteiger partial charge in [0.1, 0.15) is 0 Å². The zero-order chi connectivity index (χ0) is 10.6. The van der Waals surface area contributed by atoms with Crippen molar-refractivity contribution in [2.45, 2.75) is 18.9 Å². The molecule has 0 spiro atoms. The third-order valence-electron chi connectivity index (χ3n) is 2.51. The molecule has 0 aromatic rings. The van der Waals surface area contributed by atoms with Crippen LogP contribution in [0.1, 0.15) is 12.8 Å². The highest BCUT2D eigenvalue weighted by molar-refractivity contribution is 7.89. The van der Waals surface area contributed by atoms with E-state index in [0.29, 0.717) is 0 Å². The fraction of sp³-hybridized carbons (Fsp3) is 0.875. The number of hydrogen-bond acceptors (Lipinski definition) is 4. The second kappa shape index (κ2) is 4.73. The normalized spacial score (nSPS) is 19.5. The quantitative estimate of drug-likeness (QED) is 0.693. The molecule has 1 aliphatic rings. The van der Waals surface area contributed by atoms with E-state index >= 15 is 0 Å². The van der Waals surface area contributed by atoms with Crippen molar-refractivity contribution < 1.29 is 8.42 Å². The highest BCUT2D eigenvalue weighted by Crippen LogP contribution is 2.13. The maximum atomic E-state index is 11.5. The Morgan fingerprint density at radius 3 is 2.57 bits per heavy atom. The fourth-order valence-corrected chi connectivity index (χ4v) is 2.61. The Balaban J connectivity index is 2.64. The van der Waals surface area contributed by atoms with E-state index in [1.54, 1.807) is 13.1 Å². The summed E-state index contributed by atoms with van der Waals surface area (Å²) in [7, 11) is -1.81. The van der Waals surface area contributed by atoms with Crippen LogP contribution in [0.5, 0.6) is 0 Å². The van der Waals surface area contributed by atoms with Gasteiger partial charge in [-0.25, -0.2) is 12.7 Å². The van der Waals surface area contributed by atoms with Crippen LogP contribution in [-0.4, -0.2) is 44.7 Å². The molecule has 0 aliphatic carbocycles. The summed E-state index contributed by atoms with van der Waals surface area (Å²) in [5.41, 5.74) is 0. The Bertz CT molecular complexity index is 314. The van der Waals surface area contributed by atoms with Crippen molar-refractivity contribution in [3.63, 3.8) is 0 Å². The smallest absolute Gasteiger partial charge is 0.227 e. The number of hydrogen-bond donors (Lipinski definition) is 1. The molecule has 0 saturated carbocycles. The lowest BCUT2D eigenvalue weighted by Crippen LogP contribution is -2.44. The van der Waals surface area contributed by atoms with E-state index in [4.69, 9.17) is 5.26 Å². The molecule has 0 unspecified atom stereocenters. The van der Waals surface area contributed by atoms with Crippen LogP contribution in [-0.2, 0) is 10.0 Å². The fourth-order valence-electron chi connectivity index (χ4n) is 1.58. The minimum Gasteiger partial charge on any atom is -0.317 e. The second-order valence-electron chi connectivity index (χ2n) is 3.41. The first-order chi connectivity index (χ1) is 6.58. The summed E-state index contributed by atoms with van der Waals surface area (Å²) in [4.78, 5) is 0. The largest absolute Gasteiger partial charge is 0.317 e. The summed E-state index contributed by atoms with van der Waals surface area (Å²) in [6.07, 6.45) is 1.64. The molecular formula is C8H15N3O2S. The number of nitrogens with zero attached hydrogens (tertiary/aromatic N) is 2. The van der Waals surface area contributed by atoms with Crippen LogP contribution >= 0.6 is 0 Å². The van der Waals surface area contributed by atoms with Crippen LogP contribution in [0.25, 0.3) is 0 Å². The molecule has 0 radical (unpaired) electrons. The van der Waals surface area contributed by atoms with Crippen molar-refractivity contribution in [1.29, 1.82) is 5.26 Å². The van der Waals surface area contributed by atoms with Crippen molar-refractivity contribution in [2.75, 3.05) is 25.9 Å². The molecule has 0 atom stereocenters. The molecule has 1 aliphatic heterocycles. The average Bonchev–Trinajstić information content (AvgIpc) is 2.18. The summed E-state index contributed by atoms with van der Waals surface area (Å²) in [6, 6.07) is 1.73. The number of sulfonamides is 1. The van der Waals surface area contributed by atoms with E-state index in [2.05, 4.69) is 5.32 Å². The molecule has 0 aromatic heterocycles. The van der Waals surface area contributed by atoms with Crippen LogP contribution in [0.2, 0.25) is 0 Å². The first-order valence-electron chi connectivity index (χ1n) is 4.61. The molecule has 1 N–H and O–H groups in total. The molecule has 14 heavy (non-hydrogen) atoms. The van der Waals surface area contributed by atoms with Crippen molar-refractivity contribution in [1.82, 2.24) is 9.62 Å². The number of nitrogens with one attached hydrogen (secondary N) is 1. The van der Waals surface area contributed by atoms with Crippen LogP contribution in [0.3, 0.4) is 0 Å². The molecule has 6 heteroatoms. The predicted molar refractivity (Wildman–Crippen MR) is 53.1 cm³/mol. The van der Waals surface area contributed by atoms with E-state index in [9.17, 15) is 8.42 Å². The summed E-state index contributed by atoms with van der Waals surface area (Å²) >= 11 is 0. The number of piperidine rings is 1. The van der Waals surface area contributed by atoms with E-state index < -0.39 is 15.8 Å². The van der Waals surface area contributed by atoms with Crippen LogP contribution in [0, 0.1) is 11.3 Å². The van der Waals surface area contributed by atoms with Crippen LogP contribution in [0.15, 0.2) is 0 Å². The van der Waals surface area contributed by atoms with Crippen LogP contribution in [0.4, 0.5) is 0 Å². The lowest BCUT2D eigenvalue weighted by molar-refractivity contribution is 0.297. The van der Waals surface area contributed by atoms with Gasteiger partial charge in [0.25, 0.3) is 0 Å². The van der Waals surface area contributed by atoms with Crippen LogP contribution < -0.4 is 5.32 Å². The Morgan fingerprint density at radius 1 is 1.50 bits per heavy atom. The van der Waals surface area contributed by atoms with Gasteiger partial charge in [-0.1, -0.05) is 0 Å². The van der Waals surface area contributed by atoms with Crippen molar-refractivity contribution in [2.24, 2.45) is 0 Å². The standard InChI is InChI=1S/C8H15N3O2S/c1-11(14(12,13)7-4-9)8-2-5-10-6-3-8/h8,10H,2-3,5-7H2,1H3. The SMILES string of the molecule is CN(C1CCNCC1)S(=O)(=O)CC#N. The molecule has 0 aromatic carbocycles. The van der Waals surface area contributed by atoms with Gasteiger partial charge in [-0.3, -0.25) is 0 Å². The van der Waals surface area contributed by atoms with E-state index in [1.807, 2.05) is 0 Å². The lowest BCUT2D eigenvalue weighted by Gasteiger charge is -2.30. The maximum absolute atomic E-state index is 11.5. The summed E-state index contributed by atoms with van der Waals surface area (Å²) in [5, 5.41) is 11.5. The number of rotatable bonds is 3. The van der Waals surface area contributed by atoms with Gasteiger partial charge in [0, 0.05) is 13.1 Å². The van der Waals surface area contributed by atoms with Crippen molar-refractivity contribution in [3.05, 3.63) is 0 Å². The monoisotopic (exact) mass is 217 g/mol. The zero-order valence-corrected chi connectivity index (χ0v) is 9.05. The zero-order valence-electron chi connectivity index (χ0n) is 8.23. The van der Waals surface area contributed by atoms with E-state index in [0.717, 1.165) is 25.9 Å². The third kappa shape index (κ3) is 2.67. The van der Waals surface area contributed by atoms with Gasteiger partial charge < -0.3 is 5.32 Å². The van der Waals surface area contributed by atoms with E-state index in [-0.39, 0.29) is 6.04 Å². The minimum absolute atomic E-state index is 0.0506. The topological polar surface area (TPSA) is 73.2 Å². The first kappa shape index (κ1) is 11.4. The van der Waals surface area contributed by atoms with E-state index in [1.165, 1.54) is 4.31 Å². The van der Waals surface area contributed by atoms with Gasteiger partial charge in [0.2, 0.25) is 10.0 Å². The van der Waals surface area contributed by atoms with Crippen molar-refractivity contribution in [3.8, 4) is 6.07 Å². The number of nitriles is 1. The van der Waals surface area contributed by atoms with Gasteiger partial charge in [-0.2, -0.15) is 5.26 Å². The summed E-state index contributed by atoms with van der Waals surface area (Å²) in [6.45, 7) is 1.69. The molecular weight excluding hydrogens is 202 g/mol. The predicted octanol–water partition coefficient (Wildman–Crippen LogP) is -0.476. The Labute approximate surface area is 84.8 Å². The van der Waals surface area contributed by atoms with Gasteiger partial charge in [0.15, 0.2) is 5.75 Å². The molecule has 1 rings (SSSR count). The molecule has 1 saturated heterocycles. The highest BCUT2D eigenvalue weighted by Gasteiger charge is 2.26. The minimum atomic E-state index is -3.37. The summed E-state index contributed by atoms with van der Waals surface area (Å²) in [5.74, 6) is -0.423. The average molecular weight is 217 g/mol. The Hall–Kier alpha value is -0.640. The van der Waals surface area contributed by atoms with Gasteiger partial charge >= 0.3 is 0 Å². The molecule has 80 valence electrons. The Morgan fingerprint density at radius 2 is 2.07 bits per heavy atom. The van der Waals surface area contributed by atoms with Gasteiger partial charge in [0.05, 0.1) is 6.07 Å². The first-order valence-corrected chi connectivity index (χ1v) is 6.22.